The molecule has 1 unspecified atom stereocenters. The van der Waals surface area contributed by atoms with Gasteiger partial charge in [-0.15, -0.1) is 0 Å². The summed E-state index contributed by atoms with van der Waals surface area (Å²) in [6.07, 6.45) is 6.86. The number of aryl methyl sites for hydroxylation is 1. The molecule has 0 saturated carbocycles. The Balaban J connectivity index is 1.28. The molecular weight excluding hydrogens is 378 g/mol. The van der Waals surface area contributed by atoms with Gasteiger partial charge >= 0.3 is 6.09 Å². The minimum Gasteiger partial charge on any atom is -0.481 e. The van der Waals surface area contributed by atoms with E-state index in [1.54, 1.807) is 13.3 Å². The van der Waals surface area contributed by atoms with E-state index in [4.69, 9.17) is 9.47 Å². The van der Waals surface area contributed by atoms with Crippen molar-refractivity contribution in [2.75, 3.05) is 26.7 Å². The van der Waals surface area contributed by atoms with Gasteiger partial charge < -0.3 is 14.8 Å². The maximum absolute atomic E-state index is 12.7. The molecule has 2 atom stereocenters. The lowest BCUT2D eigenvalue weighted by molar-refractivity contribution is -0.0340. The Labute approximate surface area is 177 Å². The lowest BCUT2D eigenvalue weighted by Gasteiger charge is -2.44. The van der Waals surface area contributed by atoms with Crippen molar-refractivity contribution in [2.45, 2.75) is 44.2 Å². The summed E-state index contributed by atoms with van der Waals surface area (Å²) in [6, 6.07) is 10.5. The predicted molar refractivity (Wildman–Crippen MR) is 114 cm³/mol. The molecule has 158 valence electrons. The number of nitrogens with zero attached hydrogens (tertiary/aromatic N) is 2. The molecule has 6 nitrogen and oxygen atoms in total. The number of methoxy groups -OCH3 is 1. The smallest absolute Gasteiger partial charge is 0.407 e. The van der Waals surface area contributed by atoms with Gasteiger partial charge in [-0.25, -0.2) is 9.78 Å². The second-order valence-electron chi connectivity index (χ2n) is 8.67. The maximum Gasteiger partial charge on any atom is 0.407 e. The van der Waals surface area contributed by atoms with Crippen LogP contribution in [0.15, 0.2) is 36.5 Å². The number of carbonyl (C=O) groups is 1. The summed E-state index contributed by atoms with van der Waals surface area (Å²) in [5, 5.41) is 3.15. The first-order valence-corrected chi connectivity index (χ1v) is 11.0. The fourth-order valence-electron chi connectivity index (χ4n) is 5.20. The van der Waals surface area contributed by atoms with Gasteiger partial charge in [0.1, 0.15) is 6.10 Å². The van der Waals surface area contributed by atoms with Crippen LogP contribution in [-0.4, -0.2) is 48.8 Å². The average Bonchev–Trinajstić information content (AvgIpc) is 2.80. The van der Waals surface area contributed by atoms with Crippen molar-refractivity contribution >= 4 is 6.09 Å². The monoisotopic (exact) mass is 407 g/mol. The van der Waals surface area contributed by atoms with Gasteiger partial charge in [0.25, 0.3) is 0 Å². The molecule has 1 N–H and O–H groups in total. The summed E-state index contributed by atoms with van der Waals surface area (Å²) in [7, 11) is 1.63. The molecule has 30 heavy (non-hydrogen) atoms. The minimum absolute atomic E-state index is 0.0170. The largest absolute Gasteiger partial charge is 0.481 e. The predicted octanol–water partition coefficient (Wildman–Crippen LogP) is 3.96. The average molecular weight is 408 g/mol. The van der Waals surface area contributed by atoms with Crippen molar-refractivity contribution in [1.82, 2.24) is 15.2 Å². The van der Waals surface area contributed by atoms with Gasteiger partial charge in [-0.05, 0) is 79.4 Å². The van der Waals surface area contributed by atoms with Crippen LogP contribution in [0.4, 0.5) is 4.79 Å². The molecule has 1 amide bonds. The van der Waals surface area contributed by atoms with E-state index in [1.807, 2.05) is 12.1 Å². The number of fused-ring (bicyclic) bond motifs is 4. The van der Waals surface area contributed by atoms with Gasteiger partial charge in [0.15, 0.2) is 0 Å². The summed E-state index contributed by atoms with van der Waals surface area (Å²) in [5.74, 6) is 1.14. The van der Waals surface area contributed by atoms with E-state index in [0.29, 0.717) is 11.8 Å². The Hall–Kier alpha value is -2.60. The molecule has 1 aromatic carbocycles. The normalized spacial score (nSPS) is 27.2. The zero-order valence-electron chi connectivity index (χ0n) is 17.5. The number of amides is 1. The van der Waals surface area contributed by atoms with E-state index < -0.39 is 0 Å². The van der Waals surface area contributed by atoms with Crippen LogP contribution in [0.2, 0.25) is 0 Å². The van der Waals surface area contributed by atoms with Gasteiger partial charge in [0.2, 0.25) is 5.88 Å². The molecule has 1 aliphatic carbocycles. The van der Waals surface area contributed by atoms with Crippen LogP contribution in [0.3, 0.4) is 0 Å². The number of ether oxygens (including phenoxy) is 2. The third-order valence-corrected chi connectivity index (χ3v) is 6.88. The van der Waals surface area contributed by atoms with Gasteiger partial charge in [-0.2, -0.15) is 0 Å². The Bertz CT molecular complexity index is 924. The third kappa shape index (κ3) is 3.88. The number of nitrogens with one attached hydrogen (secondary N) is 1. The number of carbonyl (C=O) groups excluding carboxylic acids is 1. The molecular formula is C24H29N3O3. The van der Waals surface area contributed by atoms with Crippen LogP contribution in [0.5, 0.6) is 5.88 Å². The Morgan fingerprint density at radius 2 is 1.97 bits per heavy atom. The van der Waals surface area contributed by atoms with Gasteiger partial charge in [0, 0.05) is 18.8 Å². The molecule has 0 radical (unpaired) electrons. The van der Waals surface area contributed by atoms with E-state index in [0.717, 1.165) is 62.9 Å². The highest BCUT2D eigenvalue weighted by atomic mass is 16.6. The Morgan fingerprint density at radius 1 is 1.13 bits per heavy atom. The van der Waals surface area contributed by atoms with Crippen molar-refractivity contribution in [3.8, 4) is 17.0 Å². The third-order valence-electron chi connectivity index (χ3n) is 6.88. The van der Waals surface area contributed by atoms with Crippen LogP contribution in [-0.2, 0) is 11.2 Å². The minimum atomic E-state index is -0.269. The Kier molecular flexibility index (Phi) is 5.34. The van der Waals surface area contributed by atoms with Crippen LogP contribution in [0.1, 0.15) is 42.9 Å². The lowest BCUT2D eigenvalue weighted by atomic mass is 9.85. The highest BCUT2D eigenvalue weighted by Gasteiger charge is 2.37. The SMILES string of the molecule is COc1cc(-c2ccc3c(c2)CCCC3NC(=O)O[C@H]2CN3CCC2CC3)ccn1. The zero-order valence-corrected chi connectivity index (χ0v) is 17.5. The molecule has 3 fully saturated rings. The summed E-state index contributed by atoms with van der Waals surface area (Å²) in [6.45, 7) is 3.18. The van der Waals surface area contributed by atoms with Crippen LogP contribution < -0.4 is 10.1 Å². The zero-order chi connectivity index (χ0) is 20.5. The van der Waals surface area contributed by atoms with Crippen LogP contribution >= 0.6 is 0 Å². The fourth-order valence-corrected chi connectivity index (χ4v) is 5.20. The van der Waals surface area contributed by atoms with E-state index in [9.17, 15) is 4.79 Å². The number of hydrogen-bond acceptors (Lipinski definition) is 5. The first-order valence-electron chi connectivity index (χ1n) is 11.0. The molecule has 4 aliphatic rings. The number of aromatic nitrogens is 1. The second-order valence-corrected chi connectivity index (χ2v) is 8.67. The second kappa shape index (κ2) is 8.26. The number of hydrogen-bond donors (Lipinski definition) is 1. The van der Waals surface area contributed by atoms with E-state index in [-0.39, 0.29) is 18.2 Å². The molecule has 2 bridgehead atoms. The highest BCUT2D eigenvalue weighted by molar-refractivity contribution is 5.69. The summed E-state index contributed by atoms with van der Waals surface area (Å²) < 4.78 is 11.1. The first-order chi connectivity index (χ1) is 14.7. The van der Waals surface area contributed by atoms with Gasteiger partial charge in [-0.1, -0.05) is 18.2 Å². The summed E-state index contributed by atoms with van der Waals surface area (Å²) in [4.78, 5) is 19.2. The number of pyridine rings is 1. The number of piperidine rings is 3. The Morgan fingerprint density at radius 3 is 2.73 bits per heavy atom. The summed E-state index contributed by atoms with van der Waals surface area (Å²) >= 11 is 0. The van der Waals surface area contributed by atoms with Crippen molar-refractivity contribution in [3.63, 3.8) is 0 Å². The number of rotatable bonds is 4. The number of alkyl carbamates (subject to hydrolysis) is 1. The quantitative estimate of drug-likeness (QED) is 0.831. The van der Waals surface area contributed by atoms with Crippen molar-refractivity contribution in [3.05, 3.63) is 47.7 Å². The summed E-state index contributed by atoms with van der Waals surface area (Å²) in [5.41, 5.74) is 4.73. The molecule has 3 saturated heterocycles. The van der Waals surface area contributed by atoms with E-state index in [1.165, 1.54) is 11.1 Å². The van der Waals surface area contributed by atoms with Crippen molar-refractivity contribution in [1.29, 1.82) is 0 Å². The van der Waals surface area contributed by atoms with Crippen molar-refractivity contribution < 1.29 is 14.3 Å². The van der Waals surface area contributed by atoms with E-state index >= 15 is 0 Å². The molecule has 2 aromatic rings. The van der Waals surface area contributed by atoms with Gasteiger partial charge in [-0.3, -0.25) is 4.90 Å². The highest BCUT2D eigenvalue weighted by Crippen LogP contribution is 2.34. The van der Waals surface area contributed by atoms with E-state index in [2.05, 4.69) is 33.4 Å². The van der Waals surface area contributed by atoms with Crippen LogP contribution in [0, 0.1) is 5.92 Å². The fraction of sp³-hybridized carbons (Fsp3) is 0.500. The molecule has 6 rings (SSSR count). The van der Waals surface area contributed by atoms with Crippen LogP contribution in [0.25, 0.3) is 11.1 Å². The molecule has 6 heteroatoms. The molecule has 4 heterocycles. The topological polar surface area (TPSA) is 63.7 Å². The standard InChI is InChI=1S/C24H29N3O3/c1-29-23-14-18(7-10-25-23)17-5-6-20-19(13-17)3-2-4-21(20)26-24(28)30-22-15-27-11-8-16(22)9-12-27/h5-7,10,13-14,16,21-22H,2-4,8-9,11-12,15H2,1H3,(H,26,28)/t21?,22-/m0/s1. The molecule has 1 aromatic heterocycles. The lowest BCUT2D eigenvalue weighted by Crippen LogP contribution is -2.52. The first kappa shape index (κ1) is 19.4. The molecule has 3 aliphatic heterocycles. The molecule has 0 spiro atoms. The van der Waals surface area contributed by atoms with Gasteiger partial charge in [0.05, 0.1) is 13.2 Å². The number of benzene rings is 1. The van der Waals surface area contributed by atoms with Crippen molar-refractivity contribution in [2.24, 2.45) is 5.92 Å². The maximum atomic E-state index is 12.7.